The molecule has 180 valence electrons. The molecule has 0 aliphatic heterocycles. The van der Waals surface area contributed by atoms with Crippen LogP contribution in [0.5, 0.6) is 5.75 Å². The Bertz CT molecular complexity index is 1240. The number of nitrogens with zero attached hydrogens (tertiary/aromatic N) is 1. The van der Waals surface area contributed by atoms with E-state index >= 15 is 0 Å². The first kappa shape index (κ1) is 25.5. The van der Waals surface area contributed by atoms with Crippen molar-refractivity contribution >= 4 is 46.9 Å². The fraction of sp³-hybridized carbons (Fsp3) is 0.154. The molecule has 0 bridgehead atoms. The zero-order valence-electron chi connectivity index (χ0n) is 19.3. The van der Waals surface area contributed by atoms with Crippen molar-refractivity contribution < 1.29 is 19.1 Å². The minimum Gasteiger partial charge on any atom is -0.484 e. The highest BCUT2D eigenvalue weighted by Gasteiger charge is 2.14. The van der Waals surface area contributed by atoms with Gasteiger partial charge in [-0.1, -0.05) is 42.8 Å². The molecule has 3 rings (SSSR count). The van der Waals surface area contributed by atoms with Crippen LogP contribution in [-0.2, 0) is 20.8 Å². The fourth-order valence-corrected chi connectivity index (χ4v) is 3.25. The lowest BCUT2D eigenvalue weighted by molar-refractivity contribution is -0.136. The van der Waals surface area contributed by atoms with E-state index in [9.17, 15) is 14.4 Å². The van der Waals surface area contributed by atoms with Crippen LogP contribution in [0, 0.1) is 6.92 Å². The largest absolute Gasteiger partial charge is 0.484 e. The minimum atomic E-state index is -0.881. The van der Waals surface area contributed by atoms with Crippen molar-refractivity contribution in [1.29, 1.82) is 0 Å². The van der Waals surface area contributed by atoms with Crippen molar-refractivity contribution in [1.82, 2.24) is 5.43 Å². The molecule has 0 atom stereocenters. The number of nitrogens with one attached hydrogen (secondary N) is 3. The number of hydrazone groups is 1. The molecule has 3 aromatic rings. The van der Waals surface area contributed by atoms with Crippen molar-refractivity contribution in [2.75, 3.05) is 17.2 Å². The Morgan fingerprint density at radius 3 is 2.37 bits per heavy atom. The summed E-state index contributed by atoms with van der Waals surface area (Å²) in [7, 11) is 0. The van der Waals surface area contributed by atoms with Crippen molar-refractivity contribution in [2.24, 2.45) is 5.10 Å². The van der Waals surface area contributed by atoms with Crippen LogP contribution in [0.2, 0.25) is 5.02 Å². The van der Waals surface area contributed by atoms with Gasteiger partial charge in [0.15, 0.2) is 6.61 Å². The average Bonchev–Trinajstić information content (AvgIpc) is 2.86. The summed E-state index contributed by atoms with van der Waals surface area (Å²) < 4.78 is 5.50. The second kappa shape index (κ2) is 12.3. The molecule has 3 aromatic carbocycles. The van der Waals surface area contributed by atoms with E-state index in [1.165, 1.54) is 6.21 Å². The molecule has 0 radical (unpaired) electrons. The lowest BCUT2D eigenvalue weighted by atomic mass is 10.1. The Hall–Kier alpha value is -4.17. The first-order chi connectivity index (χ1) is 16.9. The number of benzene rings is 3. The van der Waals surface area contributed by atoms with Crippen LogP contribution in [0.4, 0.5) is 11.4 Å². The molecule has 0 spiro atoms. The van der Waals surface area contributed by atoms with Crippen molar-refractivity contribution in [3.05, 3.63) is 88.4 Å². The quantitative estimate of drug-likeness (QED) is 0.247. The van der Waals surface area contributed by atoms with Crippen LogP contribution in [0.3, 0.4) is 0 Å². The SMILES string of the molecule is CCc1ccccc1NC(=O)C(=O)N/N=C\c1ccc(OCC(=O)Nc2cccc(Cl)c2C)cc1. The highest BCUT2D eigenvalue weighted by atomic mass is 35.5. The molecular weight excluding hydrogens is 468 g/mol. The number of amides is 3. The molecule has 0 aliphatic rings. The number of para-hydroxylation sites is 1. The molecule has 8 nitrogen and oxygen atoms in total. The third kappa shape index (κ3) is 7.41. The first-order valence-corrected chi connectivity index (χ1v) is 11.2. The molecule has 3 amide bonds. The lowest BCUT2D eigenvalue weighted by Gasteiger charge is -2.10. The number of carbonyl (C=O) groups is 3. The summed E-state index contributed by atoms with van der Waals surface area (Å²) in [5, 5.41) is 9.72. The van der Waals surface area contributed by atoms with Crippen molar-refractivity contribution in [3.63, 3.8) is 0 Å². The number of aryl methyl sites for hydroxylation is 1. The number of anilines is 2. The lowest BCUT2D eigenvalue weighted by Crippen LogP contribution is -2.32. The highest BCUT2D eigenvalue weighted by molar-refractivity contribution is 6.39. The Morgan fingerprint density at radius 2 is 1.63 bits per heavy atom. The monoisotopic (exact) mass is 492 g/mol. The molecule has 0 heterocycles. The normalized spacial score (nSPS) is 10.6. The summed E-state index contributed by atoms with van der Waals surface area (Å²) in [5.41, 5.74) is 5.78. The van der Waals surface area contributed by atoms with Gasteiger partial charge in [0, 0.05) is 16.4 Å². The second-order valence-corrected chi connectivity index (χ2v) is 7.89. The topological polar surface area (TPSA) is 109 Å². The van der Waals surface area contributed by atoms with Gasteiger partial charge in [-0.25, -0.2) is 5.43 Å². The highest BCUT2D eigenvalue weighted by Crippen LogP contribution is 2.23. The van der Waals surface area contributed by atoms with E-state index in [1.54, 1.807) is 54.6 Å². The molecule has 3 N–H and O–H groups in total. The van der Waals surface area contributed by atoms with E-state index < -0.39 is 11.8 Å². The molecule has 0 saturated heterocycles. The van der Waals surface area contributed by atoms with Gasteiger partial charge in [0.2, 0.25) is 0 Å². The third-order valence-electron chi connectivity index (χ3n) is 5.02. The number of ether oxygens (including phenoxy) is 1. The average molecular weight is 493 g/mol. The van der Waals surface area contributed by atoms with Crippen LogP contribution < -0.4 is 20.8 Å². The maximum absolute atomic E-state index is 12.2. The van der Waals surface area contributed by atoms with Gasteiger partial charge in [-0.15, -0.1) is 0 Å². The zero-order valence-corrected chi connectivity index (χ0v) is 20.1. The van der Waals surface area contributed by atoms with Crippen LogP contribution in [0.15, 0.2) is 71.8 Å². The van der Waals surface area contributed by atoms with E-state index in [1.807, 2.05) is 26.0 Å². The molecule has 0 fully saturated rings. The molecule has 0 saturated carbocycles. The molecule has 0 aliphatic carbocycles. The van der Waals surface area contributed by atoms with E-state index in [0.29, 0.717) is 27.7 Å². The molecule has 9 heteroatoms. The van der Waals surface area contributed by atoms with Gasteiger partial charge in [-0.05, 0) is 72.5 Å². The van der Waals surface area contributed by atoms with Gasteiger partial charge in [-0.3, -0.25) is 14.4 Å². The van der Waals surface area contributed by atoms with Gasteiger partial charge in [-0.2, -0.15) is 5.10 Å². The Kier molecular flexibility index (Phi) is 8.97. The summed E-state index contributed by atoms with van der Waals surface area (Å²) >= 11 is 6.06. The van der Waals surface area contributed by atoms with Crippen LogP contribution in [-0.4, -0.2) is 30.5 Å². The van der Waals surface area contributed by atoms with Crippen molar-refractivity contribution in [2.45, 2.75) is 20.3 Å². The first-order valence-electron chi connectivity index (χ1n) is 10.9. The number of hydrogen-bond donors (Lipinski definition) is 3. The predicted molar refractivity (Wildman–Crippen MR) is 137 cm³/mol. The van der Waals surface area contributed by atoms with Gasteiger partial charge < -0.3 is 15.4 Å². The summed E-state index contributed by atoms with van der Waals surface area (Å²) in [6, 6.07) is 19.3. The summed E-state index contributed by atoms with van der Waals surface area (Å²) in [4.78, 5) is 36.3. The molecule has 0 unspecified atom stereocenters. The second-order valence-electron chi connectivity index (χ2n) is 7.48. The van der Waals surface area contributed by atoms with Gasteiger partial charge in [0.25, 0.3) is 5.91 Å². The van der Waals surface area contributed by atoms with Gasteiger partial charge >= 0.3 is 11.8 Å². The molecular formula is C26H25ClN4O4. The van der Waals surface area contributed by atoms with E-state index in [0.717, 1.165) is 17.5 Å². The minimum absolute atomic E-state index is 0.175. The predicted octanol–water partition coefficient (Wildman–Crippen LogP) is 4.32. The Labute approximate surface area is 208 Å². The van der Waals surface area contributed by atoms with Gasteiger partial charge in [0.1, 0.15) is 5.75 Å². The standard InChI is InChI=1S/C26H25ClN4O4/c1-3-19-7-4-5-9-23(19)30-25(33)26(34)31-28-15-18-11-13-20(14-12-18)35-16-24(32)29-22-10-6-8-21(27)17(22)2/h4-15H,3,16H2,1-2H3,(H,29,32)(H,30,33)(H,31,34)/b28-15-. The fourth-order valence-electron chi connectivity index (χ4n) is 3.07. The summed E-state index contributed by atoms with van der Waals surface area (Å²) in [6.07, 6.45) is 2.12. The van der Waals surface area contributed by atoms with Crippen LogP contribution in [0.1, 0.15) is 23.6 Å². The Balaban J connectivity index is 1.46. The van der Waals surface area contributed by atoms with Gasteiger partial charge in [0.05, 0.1) is 6.21 Å². The summed E-state index contributed by atoms with van der Waals surface area (Å²) in [6.45, 7) is 3.60. The van der Waals surface area contributed by atoms with E-state index in [-0.39, 0.29) is 12.5 Å². The van der Waals surface area contributed by atoms with Crippen LogP contribution in [0.25, 0.3) is 0 Å². The smallest absolute Gasteiger partial charge is 0.329 e. The van der Waals surface area contributed by atoms with E-state index in [4.69, 9.17) is 16.3 Å². The number of rotatable bonds is 8. The summed E-state index contributed by atoms with van der Waals surface area (Å²) in [5.74, 6) is -1.52. The maximum atomic E-state index is 12.2. The number of hydrogen-bond acceptors (Lipinski definition) is 5. The van der Waals surface area contributed by atoms with E-state index in [2.05, 4.69) is 21.2 Å². The number of halogens is 1. The van der Waals surface area contributed by atoms with Crippen LogP contribution >= 0.6 is 11.6 Å². The Morgan fingerprint density at radius 1 is 0.914 bits per heavy atom. The molecule has 0 aromatic heterocycles. The number of carbonyl (C=O) groups excluding carboxylic acids is 3. The third-order valence-corrected chi connectivity index (χ3v) is 5.43. The zero-order chi connectivity index (χ0) is 25.2. The van der Waals surface area contributed by atoms with Crippen molar-refractivity contribution in [3.8, 4) is 5.75 Å². The maximum Gasteiger partial charge on any atom is 0.329 e. The molecule has 35 heavy (non-hydrogen) atoms.